The predicted octanol–water partition coefficient (Wildman–Crippen LogP) is 3.85. The topological polar surface area (TPSA) is 84.7 Å². The third-order valence-corrected chi connectivity index (χ3v) is 5.08. The lowest BCUT2D eigenvalue weighted by molar-refractivity contribution is -0.384. The summed E-state index contributed by atoms with van der Waals surface area (Å²) in [5.74, 6) is 1.29. The van der Waals surface area contributed by atoms with Crippen LogP contribution in [0.25, 0.3) is 0 Å². The molecule has 1 amide bonds. The largest absolute Gasteiger partial charge is 0.457 e. The number of nitro benzene ring substituents is 1. The summed E-state index contributed by atoms with van der Waals surface area (Å²) in [4.78, 5) is 25.6. The normalized spacial score (nSPS) is 14.7. The van der Waals surface area contributed by atoms with Crippen molar-refractivity contribution < 1.29 is 14.5 Å². The van der Waals surface area contributed by atoms with Crippen molar-refractivity contribution >= 4 is 11.6 Å². The van der Waals surface area contributed by atoms with E-state index in [1.807, 2.05) is 25.2 Å². The average molecular weight is 383 g/mol. The highest BCUT2D eigenvalue weighted by atomic mass is 16.6. The zero-order valence-electron chi connectivity index (χ0n) is 16.0. The van der Waals surface area contributed by atoms with Gasteiger partial charge in [-0.25, -0.2) is 0 Å². The van der Waals surface area contributed by atoms with Crippen LogP contribution < -0.4 is 10.1 Å². The Labute approximate surface area is 164 Å². The first-order valence-electron chi connectivity index (χ1n) is 9.53. The zero-order chi connectivity index (χ0) is 19.9. The molecular formula is C21H25N3O4. The van der Waals surface area contributed by atoms with Crippen LogP contribution in [-0.4, -0.2) is 42.4 Å². The van der Waals surface area contributed by atoms with Gasteiger partial charge in [-0.15, -0.1) is 0 Å². The molecule has 0 radical (unpaired) electrons. The summed E-state index contributed by atoms with van der Waals surface area (Å²) in [6.45, 7) is 2.28. The fraction of sp³-hybridized carbons (Fsp3) is 0.381. The Morgan fingerprint density at radius 3 is 2.57 bits per heavy atom. The summed E-state index contributed by atoms with van der Waals surface area (Å²) in [5.41, 5.74) is 0.111. The summed E-state index contributed by atoms with van der Waals surface area (Å²) < 4.78 is 5.85. The number of carbonyl (C=O) groups is 1. The van der Waals surface area contributed by atoms with Gasteiger partial charge in [0.2, 0.25) is 0 Å². The maximum atomic E-state index is 13.1. The number of nitrogens with one attached hydrogen (secondary N) is 1. The molecule has 2 aromatic rings. The minimum atomic E-state index is -0.493. The van der Waals surface area contributed by atoms with Crippen molar-refractivity contribution in [1.29, 1.82) is 0 Å². The first-order valence-corrected chi connectivity index (χ1v) is 9.53. The minimum absolute atomic E-state index is 0.118. The number of amides is 1. The maximum absolute atomic E-state index is 13.1. The van der Waals surface area contributed by atoms with Crippen molar-refractivity contribution in [3.05, 3.63) is 64.2 Å². The molecule has 0 saturated carbocycles. The first kappa shape index (κ1) is 19.8. The molecule has 0 aliphatic carbocycles. The molecule has 7 nitrogen and oxygen atoms in total. The summed E-state index contributed by atoms with van der Waals surface area (Å²) in [6.07, 6.45) is 2.98. The van der Waals surface area contributed by atoms with Gasteiger partial charge in [-0.05, 0) is 57.0 Å². The third kappa shape index (κ3) is 4.86. The van der Waals surface area contributed by atoms with Crippen LogP contribution in [0, 0.1) is 16.0 Å². The molecule has 7 heteroatoms. The smallest absolute Gasteiger partial charge is 0.270 e. The van der Waals surface area contributed by atoms with Gasteiger partial charge in [-0.2, -0.15) is 0 Å². The van der Waals surface area contributed by atoms with Crippen LogP contribution in [-0.2, 0) is 0 Å². The van der Waals surface area contributed by atoms with Crippen LogP contribution in [0.2, 0.25) is 0 Å². The number of hydrogen-bond donors (Lipinski definition) is 1. The molecule has 0 spiro atoms. The van der Waals surface area contributed by atoms with Gasteiger partial charge in [0.25, 0.3) is 11.6 Å². The number of nitrogens with zero attached hydrogens (tertiary/aromatic N) is 2. The minimum Gasteiger partial charge on any atom is -0.457 e. The van der Waals surface area contributed by atoms with Crippen LogP contribution in [0.4, 0.5) is 5.69 Å². The Morgan fingerprint density at radius 1 is 1.21 bits per heavy atom. The Bertz CT molecular complexity index is 818. The molecule has 1 saturated heterocycles. The standard InChI is InChI=1S/C21H25N3O4/c1-22-12-9-16-10-13-23(14-11-16)21(25)19-15-17(24(26)27)7-8-20(19)28-18-5-3-2-4-6-18/h2-8,15-16,22H,9-14H2,1H3. The number of likely N-dealkylation sites (tertiary alicyclic amines) is 1. The van der Waals surface area contributed by atoms with Crippen LogP contribution in [0.3, 0.4) is 0 Å². The second kappa shape index (κ2) is 9.32. The number of rotatable bonds is 7. The van der Waals surface area contributed by atoms with Crippen LogP contribution in [0.15, 0.2) is 48.5 Å². The van der Waals surface area contributed by atoms with Gasteiger partial charge in [0.1, 0.15) is 11.5 Å². The Kier molecular flexibility index (Phi) is 6.60. The second-order valence-corrected chi connectivity index (χ2v) is 6.98. The number of non-ortho nitro benzene ring substituents is 1. The van der Waals surface area contributed by atoms with Gasteiger partial charge < -0.3 is 15.0 Å². The van der Waals surface area contributed by atoms with Gasteiger partial charge in [0.15, 0.2) is 0 Å². The molecule has 1 fully saturated rings. The molecule has 0 aromatic heterocycles. The summed E-state index contributed by atoms with van der Waals surface area (Å²) in [5, 5.41) is 14.4. The van der Waals surface area contributed by atoms with Crippen molar-refractivity contribution in [3.63, 3.8) is 0 Å². The van der Waals surface area contributed by atoms with E-state index < -0.39 is 4.92 Å². The Morgan fingerprint density at radius 2 is 1.93 bits per heavy atom. The van der Waals surface area contributed by atoms with E-state index in [1.54, 1.807) is 17.0 Å². The van der Waals surface area contributed by atoms with Gasteiger partial charge >= 0.3 is 0 Å². The molecule has 2 aromatic carbocycles. The van der Waals surface area contributed by atoms with Crippen molar-refractivity contribution in [2.24, 2.45) is 5.92 Å². The monoisotopic (exact) mass is 383 g/mol. The summed E-state index contributed by atoms with van der Waals surface area (Å²) in [6, 6.07) is 13.3. The lowest BCUT2D eigenvalue weighted by atomic mass is 9.93. The van der Waals surface area contributed by atoms with E-state index in [2.05, 4.69) is 5.32 Å². The van der Waals surface area contributed by atoms with Crippen molar-refractivity contribution in [2.75, 3.05) is 26.7 Å². The van der Waals surface area contributed by atoms with E-state index in [1.165, 1.54) is 18.2 Å². The van der Waals surface area contributed by atoms with E-state index in [-0.39, 0.29) is 17.2 Å². The highest BCUT2D eigenvalue weighted by Gasteiger charge is 2.27. The number of benzene rings is 2. The number of piperidine rings is 1. The summed E-state index contributed by atoms with van der Waals surface area (Å²) in [7, 11) is 1.94. The lowest BCUT2D eigenvalue weighted by Crippen LogP contribution is -2.39. The lowest BCUT2D eigenvalue weighted by Gasteiger charge is -2.32. The van der Waals surface area contributed by atoms with Crippen LogP contribution in [0.1, 0.15) is 29.6 Å². The van der Waals surface area contributed by atoms with E-state index in [4.69, 9.17) is 4.74 Å². The van der Waals surface area contributed by atoms with Crippen molar-refractivity contribution in [3.8, 4) is 11.5 Å². The van der Waals surface area contributed by atoms with Gasteiger partial charge in [0.05, 0.1) is 10.5 Å². The first-order chi connectivity index (χ1) is 13.6. The molecule has 0 atom stereocenters. The van der Waals surface area contributed by atoms with E-state index in [0.717, 1.165) is 25.8 Å². The molecule has 0 unspecified atom stereocenters. The Balaban J connectivity index is 1.79. The Hall–Kier alpha value is -2.93. The quantitative estimate of drug-likeness (QED) is 0.580. The summed E-state index contributed by atoms with van der Waals surface area (Å²) >= 11 is 0. The fourth-order valence-corrected chi connectivity index (χ4v) is 3.45. The number of para-hydroxylation sites is 1. The van der Waals surface area contributed by atoms with Crippen molar-refractivity contribution in [1.82, 2.24) is 10.2 Å². The molecule has 148 valence electrons. The van der Waals surface area contributed by atoms with E-state index >= 15 is 0 Å². The molecule has 0 bridgehead atoms. The maximum Gasteiger partial charge on any atom is 0.270 e. The molecule has 1 N–H and O–H groups in total. The molecular weight excluding hydrogens is 358 g/mol. The third-order valence-electron chi connectivity index (χ3n) is 5.08. The van der Waals surface area contributed by atoms with E-state index in [9.17, 15) is 14.9 Å². The van der Waals surface area contributed by atoms with Crippen LogP contribution in [0.5, 0.6) is 11.5 Å². The predicted molar refractivity (Wildman–Crippen MR) is 107 cm³/mol. The highest BCUT2D eigenvalue weighted by Crippen LogP contribution is 2.31. The second-order valence-electron chi connectivity index (χ2n) is 6.98. The molecule has 1 aliphatic rings. The number of hydrogen-bond acceptors (Lipinski definition) is 5. The SMILES string of the molecule is CNCCC1CCN(C(=O)c2cc([N+](=O)[O-])ccc2Oc2ccccc2)CC1. The van der Waals surface area contributed by atoms with Crippen molar-refractivity contribution in [2.45, 2.75) is 19.3 Å². The molecule has 1 heterocycles. The fourth-order valence-electron chi connectivity index (χ4n) is 3.45. The number of ether oxygens (including phenoxy) is 1. The number of nitro groups is 1. The van der Waals surface area contributed by atoms with Crippen LogP contribution >= 0.6 is 0 Å². The van der Waals surface area contributed by atoms with Gasteiger partial charge in [-0.3, -0.25) is 14.9 Å². The molecule has 3 rings (SSSR count). The number of carbonyl (C=O) groups excluding carboxylic acids is 1. The van der Waals surface area contributed by atoms with E-state index in [0.29, 0.717) is 30.5 Å². The zero-order valence-corrected chi connectivity index (χ0v) is 16.0. The average Bonchev–Trinajstić information content (AvgIpc) is 2.73. The molecule has 1 aliphatic heterocycles. The van der Waals surface area contributed by atoms with Gasteiger partial charge in [0, 0.05) is 25.2 Å². The highest BCUT2D eigenvalue weighted by molar-refractivity contribution is 5.97. The molecule has 28 heavy (non-hydrogen) atoms. The van der Waals surface area contributed by atoms with Gasteiger partial charge in [-0.1, -0.05) is 18.2 Å².